The maximum absolute atomic E-state index is 12.4. The van der Waals surface area contributed by atoms with Crippen molar-refractivity contribution in [3.05, 3.63) is 88.7 Å². The predicted octanol–water partition coefficient (Wildman–Crippen LogP) is 4.77. The second-order valence-electron chi connectivity index (χ2n) is 6.60. The number of amides is 1. The summed E-state index contributed by atoms with van der Waals surface area (Å²) in [6.45, 7) is 0. The quantitative estimate of drug-likeness (QED) is 0.269. The molecule has 0 aliphatic heterocycles. The van der Waals surface area contributed by atoms with Crippen LogP contribution in [0.2, 0.25) is 0 Å². The van der Waals surface area contributed by atoms with Gasteiger partial charge in [0.1, 0.15) is 0 Å². The molecule has 0 radical (unpaired) electrons. The molecule has 0 aliphatic carbocycles. The Bertz CT molecular complexity index is 1280. The summed E-state index contributed by atoms with van der Waals surface area (Å²) in [6, 6.07) is 15.8. The van der Waals surface area contributed by atoms with E-state index in [9.17, 15) is 14.9 Å². The van der Waals surface area contributed by atoms with E-state index >= 15 is 0 Å². The Kier molecular flexibility index (Phi) is 5.67. The fraction of sp³-hybridized carbons (Fsp3) is 0.0455. The lowest BCUT2D eigenvalue weighted by Gasteiger charge is -2.02. The van der Waals surface area contributed by atoms with Crippen LogP contribution in [0.15, 0.2) is 73.1 Å². The number of benzene rings is 2. The van der Waals surface area contributed by atoms with Gasteiger partial charge in [-0.25, -0.2) is 9.97 Å². The Labute approximate surface area is 181 Å². The van der Waals surface area contributed by atoms with Gasteiger partial charge >= 0.3 is 0 Å². The first kappa shape index (κ1) is 20.2. The highest BCUT2D eigenvalue weighted by Gasteiger charge is 2.18. The highest BCUT2D eigenvalue weighted by atomic mass is 32.1. The number of nitrogens with one attached hydrogen (secondary N) is 1. The first-order valence-corrected chi connectivity index (χ1v) is 10.1. The Balaban J connectivity index is 1.59. The zero-order valence-corrected chi connectivity index (χ0v) is 17.2. The van der Waals surface area contributed by atoms with Crippen LogP contribution in [0.3, 0.4) is 0 Å². The average Bonchev–Trinajstić information content (AvgIpc) is 3.38. The Morgan fingerprint density at radius 3 is 2.71 bits per heavy atom. The number of hydrogen-bond donors (Lipinski definition) is 1. The van der Waals surface area contributed by atoms with Crippen molar-refractivity contribution >= 4 is 34.1 Å². The molecule has 0 aliphatic rings. The van der Waals surface area contributed by atoms with E-state index in [1.807, 2.05) is 48.1 Å². The Morgan fingerprint density at radius 2 is 2.00 bits per heavy atom. The van der Waals surface area contributed by atoms with E-state index in [2.05, 4.69) is 15.3 Å². The van der Waals surface area contributed by atoms with E-state index < -0.39 is 4.92 Å². The number of carbonyl (C=O) groups is 1. The Hall–Kier alpha value is -4.11. The first-order valence-electron chi connectivity index (χ1n) is 9.29. The van der Waals surface area contributed by atoms with E-state index in [4.69, 9.17) is 0 Å². The van der Waals surface area contributed by atoms with Crippen LogP contribution in [0.4, 0.5) is 10.8 Å². The standard InChI is InChI=1S/C22H17N5O3S/c1-26-13-12-23-21(26)20-19(16-7-3-2-4-8-16)25-22(31-20)24-18(28)11-10-15-6-5-9-17(14-15)27(29)30/h2-14H,1H3,(H,24,25,28)/b11-10+. The first-order chi connectivity index (χ1) is 15.0. The van der Waals surface area contributed by atoms with Crippen molar-refractivity contribution in [2.75, 3.05) is 5.32 Å². The maximum atomic E-state index is 12.4. The normalized spacial score (nSPS) is 11.0. The molecule has 0 saturated carbocycles. The molecule has 0 atom stereocenters. The van der Waals surface area contributed by atoms with Crippen molar-refractivity contribution < 1.29 is 9.72 Å². The van der Waals surface area contributed by atoms with Crippen LogP contribution in [0.5, 0.6) is 0 Å². The number of hydrogen-bond acceptors (Lipinski definition) is 6. The molecule has 0 bridgehead atoms. The van der Waals surface area contributed by atoms with Crippen LogP contribution < -0.4 is 5.32 Å². The van der Waals surface area contributed by atoms with Crippen molar-refractivity contribution in [2.45, 2.75) is 0 Å². The molecular formula is C22H17N5O3S. The largest absolute Gasteiger partial charge is 0.333 e. The van der Waals surface area contributed by atoms with Crippen molar-refractivity contribution in [3.8, 4) is 22.0 Å². The van der Waals surface area contributed by atoms with Crippen molar-refractivity contribution in [1.29, 1.82) is 0 Å². The van der Waals surface area contributed by atoms with Crippen LogP contribution in [0.1, 0.15) is 5.56 Å². The van der Waals surface area contributed by atoms with Crippen LogP contribution in [-0.2, 0) is 11.8 Å². The minimum Gasteiger partial charge on any atom is -0.333 e. The number of rotatable bonds is 6. The summed E-state index contributed by atoms with van der Waals surface area (Å²) in [4.78, 5) is 32.7. The lowest BCUT2D eigenvalue weighted by Crippen LogP contribution is -2.07. The number of nitro benzene ring substituents is 1. The van der Waals surface area contributed by atoms with E-state index in [1.54, 1.807) is 18.3 Å². The van der Waals surface area contributed by atoms with Crippen molar-refractivity contribution in [1.82, 2.24) is 14.5 Å². The average molecular weight is 431 g/mol. The molecule has 4 rings (SSSR count). The van der Waals surface area contributed by atoms with Gasteiger partial charge in [0, 0.05) is 43.2 Å². The van der Waals surface area contributed by atoms with Gasteiger partial charge in [-0.05, 0) is 11.6 Å². The molecule has 31 heavy (non-hydrogen) atoms. The van der Waals surface area contributed by atoms with Gasteiger partial charge in [-0.1, -0.05) is 53.8 Å². The number of aryl methyl sites for hydroxylation is 1. The summed E-state index contributed by atoms with van der Waals surface area (Å²) in [6.07, 6.45) is 6.41. The molecule has 8 nitrogen and oxygen atoms in total. The van der Waals surface area contributed by atoms with E-state index in [0.29, 0.717) is 10.7 Å². The fourth-order valence-corrected chi connectivity index (χ4v) is 3.99. The molecule has 2 aromatic carbocycles. The number of imidazole rings is 1. The third kappa shape index (κ3) is 4.57. The van der Waals surface area contributed by atoms with Gasteiger partial charge in [0.2, 0.25) is 5.91 Å². The number of non-ortho nitro benzene ring substituents is 1. The third-order valence-electron chi connectivity index (χ3n) is 4.44. The molecule has 0 fully saturated rings. The van der Waals surface area contributed by atoms with Crippen molar-refractivity contribution in [2.24, 2.45) is 7.05 Å². The summed E-state index contributed by atoms with van der Waals surface area (Å²) in [5.41, 5.74) is 2.18. The molecule has 0 saturated heterocycles. The molecule has 2 heterocycles. The van der Waals surface area contributed by atoms with Gasteiger partial charge in [0.15, 0.2) is 11.0 Å². The number of anilines is 1. The molecule has 0 spiro atoms. The van der Waals surface area contributed by atoms with Gasteiger partial charge in [-0.2, -0.15) is 0 Å². The SMILES string of the molecule is Cn1ccnc1-c1sc(NC(=O)/C=C/c2cccc([N+](=O)[O-])c2)nc1-c1ccccc1. The molecule has 154 valence electrons. The maximum Gasteiger partial charge on any atom is 0.270 e. The molecule has 0 unspecified atom stereocenters. The van der Waals surface area contributed by atoms with Crippen LogP contribution >= 0.6 is 11.3 Å². The smallest absolute Gasteiger partial charge is 0.270 e. The van der Waals surface area contributed by atoms with Crippen LogP contribution in [0, 0.1) is 10.1 Å². The summed E-state index contributed by atoms with van der Waals surface area (Å²) in [5, 5.41) is 14.1. The highest BCUT2D eigenvalue weighted by molar-refractivity contribution is 7.19. The van der Waals surface area contributed by atoms with Gasteiger partial charge in [0.05, 0.1) is 15.5 Å². The number of carbonyl (C=O) groups excluding carboxylic acids is 1. The zero-order chi connectivity index (χ0) is 21.8. The molecular weight excluding hydrogens is 414 g/mol. The second kappa shape index (κ2) is 8.72. The second-order valence-corrected chi connectivity index (χ2v) is 7.60. The zero-order valence-electron chi connectivity index (χ0n) is 16.4. The molecule has 1 amide bonds. The van der Waals surface area contributed by atoms with E-state index in [1.165, 1.54) is 35.6 Å². The van der Waals surface area contributed by atoms with Crippen LogP contribution in [-0.4, -0.2) is 25.4 Å². The highest BCUT2D eigenvalue weighted by Crippen LogP contribution is 2.38. The molecule has 2 aromatic heterocycles. The molecule has 1 N–H and O–H groups in total. The predicted molar refractivity (Wildman–Crippen MR) is 121 cm³/mol. The van der Waals surface area contributed by atoms with Gasteiger partial charge in [-0.15, -0.1) is 0 Å². The number of thiazole rings is 1. The molecule has 9 heteroatoms. The van der Waals surface area contributed by atoms with Gasteiger partial charge in [0.25, 0.3) is 5.69 Å². The number of nitro groups is 1. The molecule has 4 aromatic rings. The monoisotopic (exact) mass is 431 g/mol. The van der Waals surface area contributed by atoms with Gasteiger partial charge in [-0.3, -0.25) is 20.2 Å². The lowest BCUT2D eigenvalue weighted by molar-refractivity contribution is -0.384. The topological polar surface area (TPSA) is 103 Å². The lowest BCUT2D eigenvalue weighted by atomic mass is 10.1. The number of aromatic nitrogens is 3. The van der Waals surface area contributed by atoms with Gasteiger partial charge < -0.3 is 4.57 Å². The van der Waals surface area contributed by atoms with Crippen molar-refractivity contribution in [3.63, 3.8) is 0 Å². The summed E-state index contributed by atoms with van der Waals surface area (Å²) in [5.74, 6) is 0.371. The van der Waals surface area contributed by atoms with Crippen LogP contribution in [0.25, 0.3) is 28.0 Å². The summed E-state index contributed by atoms with van der Waals surface area (Å²) >= 11 is 1.33. The fourth-order valence-electron chi connectivity index (χ4n) is 2.96. The van der Waals surface area contributed by atoms with E-state index in [0.717, 1.165) is 22.0 Å². The van der Waals surface area contributed by atoms with E-state index in [-0.39, 0.29) is 11.6 Å². The minimum absolute atomic E-state index is 0.0327. The Morgan fingerprint density at radius 1 is 1.19 bits per heavy atom. The summed E-state index contributed by atoms with van der Waals surface area (Å²) < 4.78 is 1.90. The minimum atomic E-state index is -0.475. The summed E-state index contributed by atoms with van der Waals surface area (Å²) in [7, 11) is 1.90. The third-order valence-corrected chi connectivity index (χ3v) is 5.40. The number of nitrogens with zero attached hydrogens (tertiary/aromatic N) is 4.